The highest BCUT2D eigenvalue weighted by atomic mass is 19.2. The molecule has 540 valence electrons. The lowest BCUT2D eigenvalue weighted by Crippen LogP contribution is -2.38. The minimum atomic E-state index is -1.36. The third kappa shape index (κ3) is 15.2. The van der Waals surface area contributed by atoms with E-state index in [1.54, 1.807) is 103 Å². The number of likely N-dealkylation sites (tertiary alicyclic amines) is 3. The molecule has 0 aliphatic carbocycles. The molecule has 3 amide bonds. The van der Waals surface area contributed by atoms with Crippen LogP contribution in [0.3, 0.4) is 0 Å². The van der Waals surface area contributed by atoms with Crippen molar-refractivity contribution in [3.8, 4) is 51.6 Å². The van der Waals surface area contributed by atoms with Crippen molar-refractivity contribution in [3.63, 3.8) is 0 Å². The Bertz CT molecular complexity index is 5180. The number of pyridine rings is 3. The minimum Gasteiger partial charge on any atom is -0.454 e. The Balaban J connectivity index is 0.000000141. The highest BCUT2D eigenvalue weighted by molar-refractivity contribution is 5.90. The summed E-state index contributed by atoms with van der Waals surface area (Å²) in [4.78, 5) is 53.5. The zero-order valence-electron chi connectivity index (χ0n) is 56.8. The standard InChI is InChI=1S/C27H24F2N4O2.C26H20F4N4O2.C26H21F3N4O2/c1-3-25(34)32-12-4-5-18(16-32)27-26-22(29)14-30-15-23(26)33(31-27)19-7-9-20(10-8-19)35-24-13-17(2)6-11-21(24)28;1-2-23(35)33-9-3-4-15(14-33)26-24-20(29)12-31-13-21(24)34(32-26)17-5-7-18(8-6-17)36-22-11-16(27)10-19(28)25(22)30;1-2-23(34)32-12-4-5-16(15-32)26-24-20(28)13-30-14-21(24)33(31-26)17-8-10-18(11-9-17)35-22-7-3-6-19(27)25(22)29/h3,6-11,13-15,18H,1,4-5,12,16H2,2H3;2,5-8,10-13,15H,1,3-4,9,14H2;2-3,6-11,13-14,16H,1,4-5,12,15H2. The number of aryl methyl sites for hydroxylation is 1. The average Bonchev–Trinajstić information content (AvgIpc) is 1.62. The molecule has 0 radical (unpaired) electrons. The summed E-state index contributed by atoms with van der Waals surface area (Å²) in [5, 5.41) is 15.3. The summed E-state index contributed by atoms with van der Waals surface area (Å²) in [5.74, 6) is -8.32. The van der Waals surface area contributed by atoms with Gasteiger partial charge in [0, 0.05) is 69.2 Å². The van der Waals surface area contributed by atoms with E-state index in [1.165, 1.54) is 71.8 Å². The number of hydrogen-bond donors (Lipinski definition) is 0. The van der Waals surface area contributed by atoms with Gasteiger partial charge < -0.3 is 28.9 Å². The molecule has 9 heterocycles. The van der Waals surface area contributed by atoms with E-state index in [9.17, 15) is 53.9 Å². The van der Waals surface area contributed by atoms with E-state index in [-0.39, 0.29) is 52.7 Å². The van der Waals surface area contributed by atoms with Gasteiger partial charge in [0.25, 0.3) is 0 Å². The van der Waals surface area contributed by atoms with Gasteiger partial charge in [-0.25, -0.2) is 44.8 Å². The van der Waals surface area contributed by atoms with Gasteiger partial charge in [-0.3, -0.25) is 29.3 Å². The van der Waals surface area contributed by atoms with Crippen molar-refractivity contribution in [2.75, 3.05) is 39.3 Å². The number of amides is 3. The highest BCUT2D eigenvalue weighted by Gasteiger charge is 2.33. The predicted molar refractivity (Wildman–Crippen MR) is 377 cm³/mol. The quantitative estimate of drug-likeness (QED) is 0.0539. The van der Waals surface area contributed by atoms with E-state index in [1.807, 2.05) is 6.92 Å². The number of fused-ring (bicyclic) bond motifs is 3. The topological polar surface area (TPSA) is 181 Å². The molecule has 3 fully saturated rings. The summed E-state index contributed by atoms with van der Waals surface area (Å²) in [6, 6.07) is 29.2. The van der Waals surface area contributed by atoms with Crippen LogP contribution in [-0.2, 0) is 14.4 Å². The molecule has 27 heteroatoms. The molecule has 0 saturated carbocycles. The van der Waals surface area contributed by atoms with Gasteiger partial charge in [0.15, 0.2) is 52.2 Å². The number of aromatic nitrogens is 9. The van der Waals surface area contributed by atoms with Crippen molar-refractivity contribution in [2.45, 2.75) is 63.2 Å². The van der Waals surface area contributed by atoms with Gasteiger partial charge in [0.05, 0.1) is 104 Å². The maximum Gasteiger partial charge on any atom is 0.245 e. The maximum atomic E-state index is 15.0. The fourth-order valence-electron chi connectivity index (χ4n) is 13.4. The van der Waals surface area contributed by atoms with Crippen LogP contribution < -0.4 is 14.2 Å². The third-order valence-corrected chi connectivity index (χ3v) is 18.5. The predicted octanol–water partition coefficient (Wildman–Crippen LogP) is 16.9. The lowest BCUT2D eigenvalue weighted by atomic mass is 9.93. The van der Waals surface area contributed by atoms with Gasteiger partial charge in [-0.15, -0.1) is 0 Å². The first-order chi connectivity index (χ1) is 51.2. The second kappa shape index (κ2) is 31.3. The van der Waals surface area contributed by atoms with E-state index in [0.29, 0.717) is 124 Å². The largest absolute Gasteiger partial charge is 0.454 e. The van der Waals surface area contributed by atoms with Gasteiger partial charge in [-0.1, -0.05) is 31.9 Å². The number of benzene rings is 6. The first-order valence-electron chi connectivity index (χ1n) is 33.8. The van der Waals surface area contributed by atoms with E-state index >= 15 is 0 Å². The van der Waals surface area contributed by atoms with Crippen LogP contribution in [-0.4, -0.2) is 116 Å². The van der Waals surface area contributed by atoms with Crippen molar-refractivity contribution in [3.05, 3.63) is 271 Å². The molecular formula is C79H65F9N12O6. The van der Waals surface area contributed by atoms with Crippen molar-refractivity contribution in [1.29, 1.82) is 0 Å². The third-order valence-electron chi connectivity index (χ3n) is 18.5. The summed E-state index contributed by atoms with van der Waals surface area (Å²) in [7, 11) is 0. The molecular weight excluding hydrogens is 1380 g/mol. The smallest absolute Gasteiger partial charge is 0.245 e. The number of piperidine rings is 3. The Kier molecular flexibility index (Phi) is 21.2. The number of ether oxygens (including phenoxy) is 3. The van der Waals surface area contributed by atoms with Gasteiger partial charge in [0.2, 0.25) is 29.4 Å². The second-order valence-corrected chi connectivity index (χ2v) is 25.4. The number of rotatable bonds is 15. The van der Waals surface area contributed by atoms with Crippen LogP contribution >= 0.6 is 0 Å². The number of carbonyl (C=O) groups is 3. The van der Waals surface area contributed by atoms with Crippen LogP contribution in [0, 0.1) is 59.3 Å². The lowest BCUT2D eigenvalue weighted by molar-refractivity contribution is -0.127. The van der Waals surface area contributed by atoms with Gasteiger partial charge >= 0.3 is 0 Å². The Morgan fingerprint density at radius 1 is 0.406 bits per heavy atom. The molecule has 3 atom stereocenters. The SMILES string of the molecule is C=CC(=O)N1CCCC(c2nn(-c3ccc(Oc4cc(C)ccc4F)cc3)c3cncc(F)c23)C1.C=CC(=O)N1CCCC(c2nn(-c3ccc(Oc4cc(F)cc(F)c4F)cc3)c3cncc(F)c23)C1.C=CC(=O)N1CCCC(c2nn(-c3ccc(Oc4cccc(F)c4F)cc3)c3cncc(F)c23)C1. The van der Waals surface area contributed by atoms with Crippen molar-refractivity contribution >= 4 is 50.4 Å². The Morgan fingerprint density at radius 2 is 0.774 bits per heavy atom. The molecule has 0 N–H and O–H groups in total. The van der Waals surface area contributed by atoms with Crippen molar-refractivity contribution in [2.24, 2.45) is 0 Å². The fraction of sp³-hybridized carbons (Fsp3) is 0.203. The first-order valence-corrected chi connectivity index (χ1v) is 33.8. The van der Waals surface area contributed by atoms with Crippen LogP contribution in [0.15, 0.2) is 196 Å². The molecule has 12 aromatic rings. The number of nitrogens with zero attached hydrogens (tertiary/aromatic N) is 12. The molecule has 106 heavy (non-hydrogen) atoms. The monoisotopic (exact) mass is 1450 g/mol. The zero-order chi connectivity index (χ0) is 74.4. The van der Waals surface area contributed by atoms with Gasteiger partial charge in [-0.05, 0) is 166 Å². The van der Waals surface area contributed by atoms with E-state index in [4.69, 9.17) is 24.4 Å². The lowest BCUT2D eigenvalue weighted by Gasteiger charge is -2.31. The van der Waals surface area contributed by atoms with Crippen LogP contribution in [0.5, 0.6) is 34.5 Å². The summed E-state index contributed by atoms with van der Waals surface area (Å²) < 4.78 is 148. The van der Waals surface area contributed by atoms with E-state index < -0.39 is 58.1 Å². The molecule has 6 aromatic heterocycles. The number of hydrogen-bond acceptors (Lipinski definition) is 12. The molecule has 3 aliphatic heterocycles. The summed E-state index contributed by atoms with van der Waals surface area (Å²) in [6.07, 6.45) is 16.5. The fourth-order valence-corrected chi connectivity index (χ4v) is 13.4. The Morgan fingerprint density at radius 3 is 1.16 bits per heavy atom. The molecule has 0 spiro atoms. The normalized spacial score (nSPS) is 15.8. The summed E-state index contributed by atoms with van der Waals surface area (Å²) in [5.41, 5.74) is 5.84. The molecule has 6 aromatic carbocycles. The number of carbonyl (C=O) groups excluding carboxylic acids is 3. The van der Waals surface area contributed by atoms with E-state index in [2.05, 4.69) is 39.8 Å². The number of halogens is 9. The van der Waals surface area contributed by atoms with E-state index in [0.717, 1.165) is 68.6 Å². The zero-order valence-corrected chi connectivity index (χ0v) is 56.8. The average molecular weight is 1450 g/mol. The molecule has 3 unspecified atom stereocenters. The minimum absolute atomic E-state index is 0.111. The molecule has 3 saturated heterocycles. The van der Waals surface area contributed by atoms with Gasteiger partial charge in [-0.2, -0.15) is 24.1 Å². The van der Waals surface area contributed by atoms with Crippen molar-refractivity contribution < 1.29 is 68.1 Å². The maximum absolute atomic E-state index is 15.0. The first kappa shape index (κ1) is 72.0. The Labute approximate surface area is 600 Å². The molecule has 0 bridgehead atoms. The Hall–Kier alpha value is -12.4. The summed E-state index contributed by atoms with van der Waals surface area (Å²) in [6.45, 7) is 15.7. The van der Waals surface area contributed by atoms with Crippen LogP contribution in [0.25, 0.3) is 49.8 Å². The summed E-state index contributed by atoms with van der Waals surface area (Å²) >= 11 is 0. The molecule has 18 nitrogen and oxygen atoms in total. The van der Waals surface area contributed by atoms with Crippen LogP contribution in [0.1, 0.15) is 78.9 Å². The highest BCUT2D eigenvalue weighted by Crippen LogP contribution is 2.40. The molecule has 15 rings (SSSR count). The second-order valence-electron chi connectivity index (χ2n) is 25.4. The van der Waals surface area contributed by atoms with Crippen LogP contribution in [0.2, 0.25) is 0 Å². The van der Waals surface area contributed by atoms with Crippen molar-refractivity contribution in [1.82, 2.24) is 59.0 Å². The van der Waals surface area contributed by atoms with Crippen LogP contribution in [0.4, 0.5) is 39.5 Å². The van der Waals surface area contributed by atoms with Gasteiger partial charge in [0.1, 0.15) is 23.1 Å². The molecule has 3 aliphatic rings.